The molecule has 1 aromatic rings. The van der Waals surface area contributed by atoms with Crippen molar-refractivity contribution in [1.29, 1.82) is 0 Å². The lowest BCUT2D eigenvalue weighted by atomic mass is 10.2. The number of ether oxygens (including phenoxy) is 1. The second kappa shape index (κ2) is 6.57. The first-order valence-corrected chi connectivity index (χ1v) is 8.89. The van der Waals surface area contributed by atoms with E-state index in [2.05, 4.69) is 26.3 Å². The highest BCUT2D eigenvalue weighted by Crippen LogP contribution is 2.29. The Morgan fingerprint density at radius 1 is 1.62 bits per heavy atom. The summed E-state index contributed by atoms with van der Waals surface area (Å²) in [6, 6.07) is 1.32. The summed E-state index contributed by atoms with van der Waals surface area (Å²) >= 11 is 3.25. The summed E-state index contributed by atoms with van der Waals surface area (Å²) in [6.45, 7) is 4.50. The number of nitrogen functional groups attached to an aromatic ring is 1. The van der Waals surface area contributed by atoms with Crippen molar-refractivity contribution in [1.82, 2.24) is 9.29 Å². The third-order valence-electron chi connectivity index (χ3n) is 3.43. The molecule has 0 bridgehead atoms. The summed E-state index contributed by atoms with van der Waals surface area (Å²) in [5.74, 6) is 5.52. The lowest BCUT2D eigenvalue weighted by Crippen LogP contribution is -2.51. The molecule has 21 heavy (non-hydrogen) atoms. The van der Waals surface area contributed by atoms with Gasteiger partial charge in [0.1, 0.15) is 4.90 Å². The van der Waals surface area contributed by atoms with E-state index in [-0.39, 0.29) is 22.9 Å². The summed E-state index contributed by atoms with van der Waals surface area (Å²) in [5, 5.41) is 0. The zero-order valence-corrected chi connectivity index (χ0v) is 14.3. The van der Waals surface area contributed by atoms with Crippen molar-refractivity contribution >= 4 is 31.8 Å². The minimum absolute atomic E-state index is 0.0620. The van der Waals surface area contributed by atoms with Gasteiger partial charge in [0.25, 0.3) is 0 Å². The van der Waals surface area contributed by atoms with Crippen LogP contribution < -0.4 is 11.3 Å². The van der Waals surface area contributed by atoms with Gasteiger partial charge in [0, 0.05) is 23.3 Å². The molecule has 1 aliphatic rings. The van der Waals surface area contributed by atoms with Crippen molar-refractivity contribution in [2.45, 2.75) is 37.3 Å². The number of rotatable bonds is 4. The normalized spacial score (nSPS) is 24.0. The van der Waals surface area contributed by atoms with E-state index >= 15 is 0 Å². The van der Waals surface area contributed by atoms with Gasteiger partial charge in [0.2, 0.25) is 10.0 Å². The number of nitrogens with one attached hydrogen (secondary N) is 1. The molecule has 0 aromatic carbocycles. The molecule has 2 heterocycles. The van der Waals surface area contributed by atoms with Gasteiger partial charge in [-0.3, -0.25) is 0 Å². The molecule has 0 saturated carbocycles. The van der Waals surface area contributed by atoms with Gasteiger partial charge in [-0.1, -0.05) is 6.92 Å². The zero-order chi connectivity index (χ0) is 15.6. The van der Waals surface area contributed by atoms with Crippen LogP contribution in [0.2, 0.25) is 0 Å². The van der Waals surface area contributed by atoms with E-state index in [1.54, 1.807) is 0 Å². The maximum absolute atomic E-state index is 12.9. The largest absolute Gasteiger partial charge is 0.375 e. The Morgan fingerprint density at radius 3 is 2.95 bits per heavy atom. The number of anilines is 1. The summed E-state index contributed by atoms with van der Waals surface area (Å²) in [4.78, 5) is 4.07. The van der Waals surface area contributed by atoms with Gasteiger partial charge in [-0.05, 0) is 35.3 Å². The number of nitrogens with two attached hydrogens (primary N) is 1. The number of aromatic nitrogens is 1. The molecule has 0 amide bonds. The topological polar surface area (TPSA) is 97.5 Å². The predicted molar refractivity (Wildman–Crippen MR) is 83.1 cm³/mol. The third kappa shape index (κ3) is 3.37. The molecule has 0 radical (unpaired) electrons. The molecule has 1 aromatic heterocycles. The number of sulfonamides is 1. The molecule has 118 valence electrons. The fraction of sp³-hybridized carbons (Fsp3) is 0.583. The van der Waals surface area contributed by atoms with Crippen molar-refractivity contribution in [2.75, 3.05) is 18.6 Å². The molecule has 1 aliphatic heterocycles. The van der Waals surface area contributed by atoms with Crippen LogP contribution in [0, 0.1) is 0 Å². The van der Waals surface area contributed by atoms with Gasteiger partial charge < -0.3 is 10.2 Å². The summed E-state index contributed by atoms with van der Waals surface area (Å²) in [6.07, 6.45) is 2.03. The molecule has 0 aliphatic carbocycles. The van der Waals surface area contributed by atoms with E-state index in [1.165, 1.54) is 16.6 Å². The summed E-state index contributed by atoms with van der Waals surface area (Å²) < 4.78 is 33.5. The Balaban J connectivity index is 2.47. The van der Waals surface area contributed by atoms with Crippen molar-refractivity contribution in [3.05, 3.63) is 16.7 Å². The number of halogens is 1. The van der Waals surface area contributed by atoms with Crippen LogP contribution in [0.4, 0.5) is 5.82 Å². The van der Waals surface area contributed by atoms with Crippen LogP contribution >= 0.6 is 15.9 Å². The highest BCUT2D eigenvalue weighted by molar-refractivity contribution is 9.10. The maximum Gasteiger partial charge on any atom is 0.247 e. The molecule has 0 spiro atoms. The monoisotopic (exact) mass is 378 g/mol. The van der Waals surface area contributed by atoms with Crippen LogP contribution in [-0.2, 0) is 14.8 Å². The van der Waals surface area contributed by atoms with Gasteiger partial charge in [0.15, 0.2) is 5.82 Å². The maximum atomic E-state index is 12.9. The van der Waals surface area contributed by atoms with Gasteiger partial charge in [-0.2, -0.15) is 4.31 Å². The van der Waals surface area contributed by atoms with Crippen LogP contribution in [0.1, 0.15) is 20.3 Å². The Morgan fingerprint density at radius 2 is 2.33 bits per heavy atom. The van der Waals surface area contributed by atoms with E-state index in [0.717, 1.165) is 0 Å². The summed E-state index contributed by atoms with van der Waals surface area (Å²) in [7, 11) is -3.70. The molecule has 3 N–H and O–H groups in total. The average Bonchev–Trinajstić information content (AvgIpc) is 2.47. The fourth-order valence-electron chi connectivity index (χ4n) is 2.28. The molecule has 1 saturated heterocycles. The lowest BCUT2D eigenvalue weighted by Gasteiger charge is -2.37. The second-order valence-electron chi connectivity index (χ2n) is 4.93. The molecule has 2 unspecified atom stereocenters. The Kier molecular flexibility index (Phi) is 5.20. The number of hydrogen-bond donors (Lipinski definition) is 2. The van der Waals surface area contributed by atoms with E-state index in [9.17, 15) is 8.42 Å². The Labute approximate surface area is 133 Å². The van der Waals surface area contributed by atoms with Crippen molar-refractivity contribution in [3.8, 4) is 0 Å². The number of morpholine rings is 1. The first-order chi connectivity index (χ1) is 9.90. The molecular formula is C12H19BrN4O3S. The number of nitrogens with zero attached hydrogens (tertiary/aromatic N) is 2. The van der Waals surface area contributed by atoms with Crippen LogP contribution in [0.25, 0.3) is 0 Å². The van der Waals surface area contributed by atoms with Crippen molar-refractivity contribution < 1.29 is 13.2 Å². The molecular weight excluding hydrogens is 360 g/mol. The molecule has 1 fully saturated rings. The number of pyridine rings is 1. The standard InChI is InChI=1S/C12H19BrN4O3S/c1-3-10-7-20-8(2)6-17(10)21(18,19)11-4-9(13)5-15-12(11)16-14/h4-5,8,10H,3,6-7,14H2,1-2H3,(H,15,16). The van der Waals surface area contributed by atoms with E-state index in [1.807, 2.05) is 13.8 Å². The minimum Gasteiger partial charge on any atom is -0.375 e. The molecule has 9 heteroatoms. The molecule has 2 rings (SSSR count). The van der Waals surface area contributed by atoms with Gasteiger partial charge in [-0.25, -0.2) is 19.2 Å². The van der Waals surface area contributed by atoms with Gasteiger partial charge >= 0.3 is 0 Å². The van der Waals surface area contributed by atoms with Gasteiger partial charge in [0.05, 0.1) is 12.7 Å². The zero-order valence-electron chi connectivity index (χ0n) is 11.9. The highest BCUT2D eigenvalue weighted by atomic mass is 79.9. The van der Waals surface area contributed by atoms with Crippen LogP contribution in [0.3, 0.4) is 0 Å². The SMILES string of the molecule is CCC1COC(C)CN1S(=O)(=O)c1cc(Br)cnc1NN. The van der Waals surface area contributed by atoms with E-state index in [0.29, 0.717) is 24.0 Å². The third-order valence-corrected chi connectivity index (χ3v) is 5.80. The van der Waals surface area contributed by atoms with Gasteiger partial charge in [-0.15, -0.1) is 0 Å². The average molecular weight is 379 g/mol. The Hall–Kier alpha value is -0.740. The first-order valence-electron chi connectivity index (χ1n) is 6.65. The molecule has 2 atom stereocenters. The Bertz CT molecular complexity index is 611. The fourth-order valence-corrected chi connectivity index (χ4v) is 4.66. The molecule has 7 nitrogen and oxygen atoms in total. The van der Waals surface area contributed by atoms with Crippen molar-refractivity contribution in [3.63, 3.8) is 0 Å². The quantitative estimate of drug-likeness (QED) is 0.605. The lowest BCUT2D eigenvalue weighted by molar-refractivity contribution is -0.0230. The number of hydrazine groups is 1. The second-order valence-corrected chi connectivity index (χ2v) is 7.70. The van der Waals surface area contributed by atoms with Crippen LogP contribution in [-0.4, -0.2) is 43.0 Å². The number of hydrogen-bond acceptors (Lipinski definition) is 6. The summed E-state index contributed by atoms with van der Waals surface area (Å²) in [5.41, 5.74) is 2.34. The first kappa shape index (κ1) is 16.6. The smallest absolute Gasteiger partial charge is 0.247 e. The van der Waals surface area contributed by atoms with Crippen LogP contribution in [0.15, 0.2) is 21.6 Å². The minimum atomic E-state index is -3.70. The van der Waals surface area contributed by atoms with E-state index < -0.39 is 10.0 Å². The highest BCUT2D eigenvalue weighted by Gasteiger charge is 2.37. The van der Waals surface area contributed by atoms with Crippen molar-refractivity contribution in [2.24, 2.45) is 5.84 Å². The van der Waals surface area contributed by atoms with E-state index in [4.69, 9.17) is 10.6 Å². The van der Waals surface area contributed by atoms with Crippen LogP contribution in [0.5, 0.6) is 0 Å². The predicted octanol–water partition coefficient (Wildman–Crippen LogP) is 1.32.